The number of hydrogen-bond donors (Lipinski definition) is 1. The van der Waals surface area contributed by atoms with Crippen molar-refractivity contribution in [3.8, 4) is 11.4 Å². The van der Waals surface area contributed by atoms with Crippen LogP contribution < -0.4 is 5.32 Å². The van der Waals surface area contributed by atoms with Crippen LogP contribution in [-0.4, -0.2) is 44.0 Å². The lowest BCUT2D eigenvalue weighted by Gasteiger charge is -2.07. The maximum absolute atomic E-state index is 13.2. The third-order valence-corrected chi connectivity index (χ3v) is 5.99. The van der Waals surface area contributed by atoms with E-state index in [0.29, 0.717) is 38.8 Å². The topological polar surface area (TPSA) is 99.0 Å². The summed E-state index contributed by atoms with van der Waals surface area (Å²) >= 11 is 2.27. The van der Waals surface area contributed by atoms with E-state index < -0.39 is 5.97 Å². The van der Waals surface area contributed by atoms with Gasteiger partial charge in [-0.1, -0.05) is 29.2 Å². The molecular formula is C20H20FN5O3S2. The van der Waals surface area contributed by atoms with Crippen LogP contribution in [0.1, 0.15) is 22.3 Å². The van der Waals surface area contributed by atoms with Crippen LogP contribution >= 0.6 is 23.1 Å². The van der Waals surface area contributed by atoms with Crippen molar-refractivity contribution < 1.29 is 18.7 Å². The zero-order valence-electron chi connectivity index (χ0n) is 16.9. The number of ether oxygens (including phenoxy) is 1. The van der Waals surface area contributed by atoms with Gasteiger partial charge in [-0.05, 0) is 38.1 Å². The van der Waals surface area contributed by atoms with Gasteiger partial charge in [-0.2, -0.15) is 0 Å². The number of rotatable bonds is 9. The normalized spacial score (nSPS) is 10.7. The Morgan fingerprint density at radius 2 is 2.06 bits per heavy atom. The van der Waals surface area contributed by atoms with E-state index >= 15 is 0 Å². The molecule has 0 aliphatic heterocycles. The maximum Gasteiger partial charge on any atom is 0.350 e. The van der Waals surface area contributed by atoms with Gasteiger partial charge in [0.05, 0.1) is 18.1 Å². The van der Waals surface area contributed by atoms with Crippen molar-refractivity contribution in [3.63, 3.8) is 0 Å². The summed E-state index contributed by atoms with van der Waals surface area (Å²) in [6.07, 6.45) is 1.69. The second kappa shape index (κ2) is 10.3. The minimum Gasteiger partial charge on any atom is -0.462 e. The molecule has 0 atom stereocenters. The molecule has 0 aliphatic rings. The van der Waals surface area contributed by atoms with Gasteiger partial charge in [-0.3, -0.25) is 9.36 Å². The van der Waals surface area contributed by atoms with Crippen molar-refractivity contribution in [2.75, 3.05) is 17.7 Å². The second-order valence-corrected chi connectivity index (χ2v) is 8.14. The fourth-order valence-electron chi connectivity index (χ4n) is 2.62. The molecule has 0 saturated carbocycles. The number of amides is 1. The Morgan fingerprint density at radius 1 is 1.32 bits per heavy atom. The summed E-state index contributed by atoms with van der Waals surface area (Å²) in [4.78, 5) is 28.8. The Kier molecular flexibility index (Phi) is 7.53. The molecule has 0 bridgehead atoms. The summed E-state index contributed by atoms with van der Waals surface area (Å²) in [7, 11) is 0. The van der Waals surface area contributed by atoms with Crippen LogP contribution in [0.25, 0.3) is 11.4 Å². The number of thioether (sulfide) groups is 1. The lowest BCUT2D eigenvalue weighted by Crippen LogP contribution is -2.14. The molecule has 0 aliphatic carbocycles. The first-order valence-corrected chi connectivity index (χ1v) is 11.1. The number of hydrogen-bond acceptors (Lipinski definition) is 8. The number of anilines is 1. The van der Waals surface area contributed by atoms with Gasteiger partial charge in [0.15, 0.2) is 16.1 Å². The molecule has 3 rings (SSSR count). The Hall–Kier alpha value is -3.05. The van der Waals surface area contributed by atoms with Crippen LogP contribution in [-0.2, 0) is 16.1 Å². The first kappa shape index (κ1) is 22.6. The van der Waals surface area contributed by atoms with E-state index in [4.69, 9.17) is 4.74 Å². The molecule has 0 spiro atoms. The molecule has 8 nitrogen and oxygen atoms in total. The number of aromatic nitrogens is 4. The molecule has 0 saturated heterocycles. The molecule has 1 amide bonds. The van der Waals surface area contributed by atoms with Crippen LogP contribution in [0.5, 0.6) is 0 Å². The fourth-order valence-corrected chi connectivity index (χ4v) is 4.25. The van der Waals surface area contributed by atoms with Crippen molar-refractivity contribution in [1.82, 2.24) is 19.7 Å². The van der Waals surface area contributed by atoms with Gasteiger partial charge in [0.2, 0.25) is 5.91 Å². The van der Waals surface area contributed by atoms with Gasteiger partial charge >= 0.3 is 5.97 Å². The van der Waals surface area contributed by atoms with Crippen LogP contribution in [0.2, 0.25) is 0 Å². The molecule has 11 heteroatoms. The number of aryl methyl sites for hydroxylation is 1. The summed E-state index contributed by atoms with van der Waals surface area (Å²) in [5.74, 6) is -0.485. The summed E-state index contributed by atoms with van der Waals surface area (Å²) < 4.78 is 20.0. The average molecular weight is 462 g/mol. The molecule has 162 valence electrons. The van der Waals surface area contributed by atoms with Crippen molar-refractivity contribution >= 4 is 40.1 Å². The van der Waals surface area contributed by atoms with Crippen LogP contribution in [0.4, 0.5) is 9.52 Å². The van der Waals surface area contributed by atoms with E-state index in [0.717, 1.165) is 11.3 Å². The summed E-state index contributed by atoms with van der Waals surface area (Å²) in [6.45, 7) is 7.84. The number of esters is 1. The van der Waals surface area contributed by atoms with Crippen molar-refractivity contribution in [1.29, 1.82) is 0 Å². The number of thiazole rings is 1. The molecule has 0 unspecified atom stereocenters. The molecule has 1 N–H and O–H groups in total. The summed E-state index contributed by atoms with van der Waals surface area (Å²) in [5.41, 5.74) is 1.21. The number of nitrogens with one attached hydrogen (secondary N) is 1. The zero-order chi connectivity index (χ0) is 22.4. The SMILES string of the molecule is C=CCn1c(SCC(=O)Nc2nc(C)c(C(=O)OCC)s2)nnc1-c1ccc(F)cc1. The van der Waals surface area contributed by atoms with E-state index in [2.05, 4.69) is 27.1 Å². The monoisotopic (exact) mass is 461 g/mol. The van der Waals surface area contributed by atoms with E-state index in [1.54, 1.807) is 36.6 Å². The highest BCUT2D eigenvalue weighted by Gasteiger charge is 2.19. The highest BCUT2D eigenvalue weighted by atomic mass is 32.2. The third-order valence-electron chi connectivity index (χ3n) is 3.97. The molecule has 3 aromatic rings. The van der Waals surface area contributed by atoms with E-state index in [-0.39, 0.29) is 24.1 Å². The third kappa shape index (κ3) is 5.56. The Morgan fingerprint density at radius 3 is 2.74 bits per heavy atom. The lowest BCUT2D eigenvalue weighted by molar-refractivity contribution is -0.113. The predicted molar refractivity (Wildman–Crippen MR) is 118 cm³/mol. The second-order valence-electron chi connectivity index (χ2n) is 6.20. The molecule has 0 radical (unpaired) electrons. The predicted octanol–water partition coefficient (Wildman–Crippen LogP) is 3.94. The van der Waals surface area contributed by atoms with Crippen molar-refractivity contribution in [2.45, 2.75) is 25.5 Å². The molecule has 1 aromatic carbocycles. The Balaban J connectivity index is 1.68. The van der Waals surface area contributed by atoms with Gasteiger partial charge in [-0.25, -0.2) is 14.2 Å². The molecule has 31 heavy (non-hydrogen) atoms. The van der Waals surface area contributed by atoms with Crippen LogP contribution in [0.3, 0.4) is 0 Å². The maximum atomic E-state index is 13.2. The Labute approximate surface area is 186 Å². The fraction of sp³-hybridized carbons (Fsp3) is 0.250. The van der Waals surface area contributed by atoms with E-state index in [1.165, 1.54) is 23.9 Å². The van der Waals surface area contributed by atoms with Crippen LogP contribution in [0, 0.1) is 12.7 Å². The minimum atomic E-state index is -0.460. The standard InChI is InChI=1S/C20H20FN5O3S2/c1-4-10-26-17(13-6-8-14(21)9-7-13)24-25-20(26)30-11-15(27)23-19-22-12(3)16(31-19)18(28)29-5-2/h4,6-9H,1,5,10-11H2,2-3H3,(H,22,23,27). The van der Waals surface area contributed by atoms with Crippen molar-refractivity contribution in [3.05, 3.63) is 53.3 Å². The molecule has 2 aromatic heterocycles. The lowest BCUT2D eigenvalue weighted by atomic mass is 10.2. The van der Waals surface area contributed by atoms with Crippen molar-refractivity contribution in [2.24, 2.45) is 0 Å². The van der Waals surface area contributed by atoms with Gasteiger partial charge in [-0.15, -0.1) is 16.8 Å². The smallest absolute Gasteiger partial charge is 0.350 e. The van der Waals surface area contributed by atoms with Gasteiger partial charge in [0.25, 0.3) is 0 Å². The number of allylic oxidation sites excluding steroid dienone is 1. The number of carbonyl (C=O) groups excluding carboxylic acids is 2. The van der Waals surface area contributed by atoms with E-state index in [9.17, 15) is 14.0 Å². The largest absolute Gasteiger partial charge is 0.462 e. The summed E-state index contributed by atoms with van der Waals surface area (Å²) in [6, 6.07) is 5.93. The highest BCUT2D eigenvalue weighted by Crippen LogP contribution is 2.26. The van der Waals surface area contributed by atoms with Gasteiger partial charge in [0, 0.05) is 12.1 Å². The zero-order valence-corrected chi connectivity index (χ0v) is 18.6. The number of benzene rings is 1. The van der Waals surface area contributed by atoms with Gasteiger partial charge in [0.1, 0.15) is 10.7 Å². The molecule has 2 heterocycles. The minimum absolute atomic E-state index is 0.0616. The van der Waals surface area contributed by atoms with Gasteiger partial charge < -0.3 is 10.1 Å². The average Bonchev–Trinajstić information content (AvgIpc) is 3.30. The number of halogens is 1. The molecule has 0 fully saturated rings. The number of nitrogens with zero attached hydrogens (tertiary/aromatic N) is 4. The first-order valence-electron chi connectivity index (χ1n) is 9.30. The van der Waals surface area contributed by atoms with Crippen LogP contribution in [0.15, 0.2) is 42.1 Å². The summed E-state index contributed by atoms with van der Waals surface area (Å²) in [5, 5.41) is 11.9. The molecular weight excluding hydrogens is 441 g/mol. The quantitative estimate of drug-likeness (QED) is 0.293. The van der Waals surface area contributed by atoms with E-state index in [1.807, 2.05) is 0 Å². The highest BCUT2D eigenvalue weighted by molar-refractivity contribution is 7.99. The Bertz CT molecular complexity index is 1090. The first-order chi connectivity index (χ1) is 14.9. The number of carbonyl (C=O) groups is 2.